The number of methoxy groups -OCH3 is 2. The molecule has 1 amide bonds. The Labute approximate surface area is 141 Å². The summed E-state index contributed by atoms with van der Waals surface area (Å²) in [7, 11) is 2.81. The molecule has 0 aromatic carbocycles. The minimum atomic E-state index is -0.840. The van der Waals surface area contributed by atoms with Crippen molar-refractivity contribution in [1.82, 2.24) is 9.88 Å². The van der Waals surface area contributed by atoms with Crippen LogP contribution >= 0.6 is 0 Å². The average Bonchev–Trinajstić information content (AvgIpc) is 2.98. The first-order chi connectivity index (χ1) is 11.2. The predicted molar refractivity (Wildman–Crippen MR) is 87.5 cm³/mol. The molecule has 2 rings (SSSR count). The van der Waals surface area contributed by atoms with Gasteiger partial charge in [0.2, 0.25) is 5.88 Å². The summed E-state index contributed by atoms with van der Waals surface area (Å²) in [6.45, 7) is 5.51. The second-order valence-electron chi connectivity index (χ2n) is 6.33. The zero-order chi connectivity index (χ0) is 17.9. The van der Waals surface area contributed by atoms with Gasteiger partial charge in [-0.15, -0.1) is 0 Å². The van der Waals surface area contributed by atoms with Gasteiger partial charge in [-0.2, -0.15) is 0 Å². The summed E-state index contributed by atoms with van der Waals surface area (Å²) < 4.78 is 15.3. The first kappa shape index (κ1) is 17.8. The van der Waals surface area contributed by atoms with Crippen molar-refractivity contribution >= 4 is 17.6 Å². The molecule has 24 heavy (non-hydrogen) atoms. The average molecular weight is 334 g/mol. The Hall–Kier alpha value is -2.57. The normalized spacial score (nSPS) is 17.3. The van der Waals surface area contributed by atoms with Crippen molar-refractivity contribution in [2.24, 2.45) is 0 Å². The number of rotatable bonds is 3. The molecule has 1 aliphatic heterocycles. The highest BCUT2D eigenvalue weighted by molar-refractivity contribution is 5.89. The Morgan fingerprint density at radius 2 is 1.96 bits per heavy atom. The van der Waals surface area contributed by atoms with Crippen LogP contribution in [0.1, 0.15) is 26.5 Å². The molecule has 0 unspecified atom stereocenters. The molecule has 7 heteroatoms. The lowest BCUT2D eigenvalue weighted by atomic mass is 10.1. The van der Waals surface area contributed by atoms with Crippen molar-refractivity contribution in [2.45, 2.75) is 32.4 Å². The maximum absolute atomic E-state index is 12.4. The van der Waals surface area contributed by atoms with Crippen LogP contribution in [0.15, 0.2) is 24.3 Å². The molecule has 0 N–H and O–H groups in total. The third-order valence-electron chi connectivity index (χ3n) is 3.37. The molecule has 0 saturated heterocycles. The molecule has 0 radical (unpaired) electrons. The highest BCUT2D eigenvalue weighted by atomic mass is 16.6. The van der Waals surface area contributed by atoms with E-state index in [1.807, 2.05) is 0 Å². The number of pyridine rings is 1. The standard InChI is InChI=1S/C17H22N2O5/c1-17(2,3)24-16(21)19-10-11(9-13(19)15(20)23-5)12-7-6-8-14(18-12)22-4/h6-9,13H,10H2,1-5H3/t13-/m0/s1. The van der Waals surface area contributed by atoms with Crippen LogP contribution in [0.5, 0.6) is 5.88 Å². The van der Waals surface area contributed by atoms with Gasteiger partial charge in [0.05, 0.1) is 26.5 Å². The molecule has 0 saturated carbocycles. The third kappa shape index (κ3) is 4.04. The monoisotopic (exact) mass is 334 g/mol. The summed E-state index contributed by atoms with van der Waals surface area (Å²) in [6, 6.07) is 4.47. The molecular formula is C17H22N2O5. The molecule has 0 bridgehead atoms. The Bertz CT molecular complexity index is 663. The Morgan fingerprint density at radius 1 is 1.25 bits per heavy atom. The molecule has 0 spiro atoms. The van der Waals surface area contributed by atoms with E-state index in [1.54, 1.807) is 45.0 Å². The maximum atomic E-state index is 12.4. The van der Waals surface area contributed by atoms with Crippen LogP contribution in [0, 0.1) is 0 Å². The van der Waals surface area contributed by atoms with E-state index in [9.17, 15) is 9.59 Å². The van der Waals surface area contributed by atoms with Crippen molar-refractivity contribution in [3.63, 3.8) is 0 Å². The molecule has 2 heterocycles. The zero-order valence-electron chi connectivity index (χ0n) is 14.5. The number of amides is 1. The van der Waals surface area contributed by atoms with Gasteiger partial charge >= 0.3 is 12.1 Å². The van der Waals surface area contributed by atoms with Gasteiger partial charge in [0, 0.05) is 6.07 Å². The van der Waals surface area contributed by atoms with E-state index in [0.29, 0.717) is 11.6 Å². The number of ether oxygens (including phenoxy) is 3. The first-order valence-electron chi connectivity index (χ1n) is 7.54. The molecule has 0 aliphatic carbocycles. The third-order valence-corrected chi connectivity index (χ3v) is 3.37. The molecule has 0 fully saturated rings. The number of nitrogens with zero attached hydrogens (tertiary/aromatic N) is 2. The summed E-state index contributed by atoms with van der Waals surface area (Å²) in [6.07, 6.45) is 1.09. The molecule has 7 nitrogen and oxygen atoms in total. The van der Waals surface area contributed by atoms with Crippen molar-refractivity contribution in [2.75, 3.05) is 20.8 Å². The van der Waals surface area contributed by atoms with Gasteiger partial charge < -0.3 is 14.2 Å². The molecule has 1 atom stereocenters. The van der Waals surface area contributed by atoms with E-state index in [2.05, 4.69) is 4.98 Å². The van der Waals surface area contributed by atoms with E-state index in [4.69, 9.17) is 14.2 Å². The fraction of sp³-hybridized carbons (Fsp3) is 0.471. The van der Waals surface area contributed by atoms with Gasteiger partial charge in [-0.05, 0) is 38.5 Å². The lowest BCUT2D eigenvalue weighted by molar-refractivity contribution is -0.144. The fourth-order valence-electron chi connectivity index (χ4n) is 2.30. The van der Waals surface area contributed by atoms with E-state index < -0.39 is 23.7 Å². The largest absolute Gasteiger partial charge is 0.481 e. The molecular weight excluding hydrogens is 312 g/mol. The zero-order valence-corrected chi connectivity index (χ0v) is 14.5. The SMILES string of the molecule is COC(=O)[C@@H]1C=C(c2cccc(OC)n2)CN1C(=O)OC(C)(C)C. The lowest BCUT2D eigenvalue weighted by Crippen LogP contribution is -2.44. The van der Waals surface area contributed by atoms with Crippen LogP contribution < -0.4 is 4.74 Å². The minimum Gasteiger partial charge on any atom is -0.481 e. The van der Waals surface area contributed by atoms with E-state index in [0.717, 1.165) is 5.57 Å². The number of hydrogen-bond donors (Lipinski definition) is 0. The van der Waals surface area contributed by atoms with E-state index >= 15 is 0 Å². The molecule has 130 valence electrons. The molecule has 1 aliphatic rings. The number of carbonyl (C=O) groups is 2. The number of esters is 1. The number of hydrogen-bond acceptors (Lipinski definition) is 6. The van der Waals surface area contributed by atoms with Gasteiger partial charge in [0.15, 0.2) is 6.04 Å². The second-order valence-corrected chi connectivity index (χ2v) is 6.33. The lowest BCUT2D eigenvalue weighted by Gasteiger charge is -2.27. The van der Waals surface area contributed by atoms with Crippen LogP contribution in [-0.2, 0) is 14.3 Å². The van der Waals surface area contributed by atoms with Crippen LogP contribution in [0.3, 0.4) is 0 Å². The van der Waals surface area contributed by atoms with E-state index in [-0.39, 0.29) is 6.54 Å². The van der Waals surface area contributed by atoms with E-state index in [1.165, 1.54) is 19.1 Å². The highest BCUT2D eigenvalue weighted by Gasteiger charge is 2.37. The fourth-order valence-corrected chi connectivity index (χ4v) is 2.30. The van der Waals surface area contributed by atoms with Gasteiger partial charge in [0.25, 0.3) is 0 Å². The summed E-state index contributed by atoms with van der Waals surface area (Å²) >= 11 is 0. The molecule has 1 aromatic rings. The Morgan fingerprint density at radius 3 is 2.54 bits per heavy atom. The summed E-state index contributed by atoms with van der Waals surface area (Å²) in [5, 5.41) is 0. The number of aromatic nitrogens is 1. The quantitative estimate of drug-likeness (QED) is 0.789. The van der Waals surface area contributed by atoms with Gasteiger partial charge in [-0.25, -0.2) is 14.6 Å². The molecule has 1 aromatic heterocycles. The Balaban J connectivity index is 2.29. The van der Waals surface area contributed by atoms with Crippen molar-refractivity contribution < 1.29 is 23.8 Å². The van der Waals surface area contributed by atoms with Gasteiger partial charge in [-0.1, -0.05) is 6.07 Å². The minimum absolute atomic E-state index is 0.203. The topological polar surface area (TPSA) is 78.0 Å². The van der Waals surface area contributed by atoms with Crippen LogP contribution in [-0.4, -0.2) is 54.4 Å². The van der Waals surface area contributed by atoms with Crippen LogP contribution in [0.4, 0.5) is 4.79 Å². The Kier molecular flexibility index (Phi) is 5.11. The van der Waals surface area contributed by atoms with Crippen molar-refractivity contribution in [1.29, 1.82) is 0 Å². The summed E-state index contributed by atoms with van der Waals surface area (Å²) in [4.78, 5) is 30.1. The van der Waals surface area contributed by atoms with Crippen LogP contribution in [0.25, 0.3) is 5.57 Å². The summed E-state index contributed by atoms with van der Waals surface area (Å²) in [5.74, 6) is -0.0718. The van der Waals surface area contributed by atoms with Gasteiger partial charge in [-0.3, -0.25) is 4.90 Å². The van der Waals surface area contributed by atoms with Crippen molar-refractivity contribution in [3.05, 3.63) is 30.0 Å². The number of carbonyl (C=O) groups excluding carboxylic acids is 2. The second kappa shape index (κ2) is 6.90. The van der Waals surface area contributed by atoms with Crippen molar-refractivity contribution in [3.8, 4) is 5.88 Å². The maximum Gasteiger partial charge on any atom is 0.411 e. The first-order valence-corrected chi connectivity index (χ1v) is 7.54. The highest BCUT2D eigenvalue weighted by Crippen LogP contribution is 2.27. The smallest absolute Gasteiger partial charge is 0.411 e. The summed E-state index contributed by atoms with van der Waals surface area (Å²) in [5.41, 5.74) is 0.707. The van der Waals surface area contributed by atoms with Gasteiger partial charge in [0.1, 0.15) is 5.60 Å². The van der Waals surface area contributed by atoms with Crippen LogP contribution in [0.2, 0.25) is 0 Å². The predicted octanol–water partition coefficient (Wildman–Crippen LogP) is 2.27.